The van der Waals surface area contributed by atoms with Crippen molar-refractivity contribution in [3.05, 3.63) is 65.7 Å². The quantitative estimate of drug-likeness (QED) is 0.603. The van der Waals surface area contributed by atoms with E-state index in [1.165, 1.54) is 23.1 Å². The van der Waals surface area contributed by atoms with Gasteiger partial charge in [0.05, 0.1) is 18.0 Å². The SMILES string of the molecule is COc1ccc(/C=C/C(=O)NC(C)C(=O)N(C)C(C)c2cccc(S(N)(=O)=O)c2)cc1. The Morgan fingerprint density at radius 3 is 2.35 bits per heavy atom. The number of sulfonamides is 1. The molecule has 0 aliphatic carbocycles. The number of rotatable bonds is 8. The molecule has 0 radical (unpaired) electrons. The van der Waals surface area contributed by atoms with E-state index in [9.17, 15) is 18.0 Å². The fourth-order valence-corrected chi connectivity index (χ4v) is 3.45. The number of hydrogen-bond donors (Lipinski definition) is 2. The van der Waals surface area contributed by atoms with E-state index in [2.05, 4.69) is 5.32 Å². The van der Waals surface area contributed by atoms with Gasteiger partial charge in [-0.25, -0.2) is 13.6 Å². The Morgan fingerprint density at radius 1 is 1.13 bits per heavy atom. The van der Waals surface area contributed by atoms with Crippen molar-refractivity contribution in [2.24, 2.45) is 5.14 Å². The van der Waals surface area contributed by atoms with Crippen LogP contribution in [0.25, 0.3) is 6.08 Å². The summed E-state index contributed by atoms with van der Waals surface area (Å²) in [6.07, 6.45) is 2.99. The predicted molar refractivity (Wildman–Crippen MR) is 119 cm³/mol. The summed E-state index contributed by atoms with van der Waals surface area (Å²) in [5.41, 5.74) is 1.43. The van der Waals surface area contributed by atoms with Crippen LogP contribution >= 0.6 is 0 Å². The fraction of sp³-hybridized carbons (Fsp3) is 0.273. The van der Waals surface area contributed by atoms with Gasteiger partial charge in [-0.2, -0.15) is 0 Å². The molecule has 2 aromatic carbocycles. The van der Waals surface area contributed by atoms with Gasteiger partial charge in [-0.1, -0.05) is 24.3 Å². The van der Waals surface area contributed by atoms with E-state index < -0.39 is 28.0 Å². The summed E-state index contributed by atoms with van der Waals surface area (Å²) in [4.78, 5) is 26.4. The molecule has 0 spiro atoms. The number of likely N-dealkylation sites (N-methyl/N-ethyl adjacent to an activating group) is 1. The lowest BCUT2D eigenvalue weighted by Gasteiger charge is -2.28. The lowest BCUT2D eigenvalue weighted by molar-refractivity contribution is -0.135. The summed E-state index contributed by atoms with van der Waals surface area (Å²) < 4.78 is 28.2. The van der Waals surface area contributed by atoms with Crippen molar-refractivity contribution in [1.82, 2.24) is 10.2 Å². The van der Waals surface area contributed by atoms with Crippen LogP contribution < -0.4 is 15.2 Å². The molecule has 0 bridgehead atoms. The Morgan fingerprint density at radius 2 is 1.77 bits per heavy atom. The zero-order chi connectivity index (χ0) is 23.2. The standard InChI is InChI=1S/C22H27N3O5S/c1-15(24-21(26)13-10-17-8-11-19(30-4)12-9-17)22(27)25(3)16(2)18-6-5-7-20(14-18)31(23,28)29/h5-16H,1-4H3,(H,24,26)(H2,23,28,29)/b13-10+. The van der Waals surface area contributed by atoms with Crippen molar-refractivity contribution in [3.8, 4) is 5.75 Å². The lowest BCUT2D eigenvalue weighted by atomic mass is 10.1. The first-order valence-electron chi connectivity index (χ1n) is 9.55. The highest BCUT2D eigenvalue weighted by Gasteiger charge is 2.24. The highest BCUT2D eigenvalue weighted by molar-refractivity contribution is 7.89. The molecule has 2 unspecified atom stereocenters. The largest absolute Gasteiger partial charge is 0.497 e. The molecule has 2 amide bonds. The van der Waals surface area contributed by atoms with Gasteiger partial charge < -0.3 is 15.0 Å². The number of methoxy groups -OCH3 is 1. The first-order chi connectivity index (χ1) is 14.5. The van der Waals surface area contributed by atoms with Gasteiger partial charge in [0.2, 0.25) is 21.8 Å². The van der Waals surface area contributed by atoms with Gasteiger partial charge in [0.15, 0.2) is 0 Å². The third-order valence-electron chi connectivity index (χ3n) is 4.87. The third kappa shape index (κ3) is 6.66. The van der Waals surface area contributed by atoms with Crippen molar-refractivity contribution >= 4 is 27.9 Å². The molecule has 0 saturated heterocycles. The Balaban J connectivity index is 2.01. The molecule has 0 fully saturated rings. The second-order valence-electron chi connectivity index (χ2n) is 7.08. The molecule has 31 heavy (non-hydrogen) atoms. The molecule has 2 aromatic rings. The lowest BCUT2D eigenvalue weighted by Crippen LogP contribution is -2.45. The van der Waals surface area contributed by atoms with Gasteiger partial charge in [-0.05, 0) is 55.3 Å². The zero-order valence-corrected chi connectivity index (χ0v) is 18.7. The zero-order valence-electron chi connectivity index (χ0n) is 17.9. The van der Waals surface area contributed by atoms with Crippen LogP contribution in [-0.4, -0.2) is 45.3 Å². The molecule has 0 aliphatic rings. The fourth-order valence-electron chi connectivity index (χ4n) is 2.88. The molecule has 3 N–H and O–H groups in total. The van der Waals surface area contributed by atoms with Crippen molar-refractivity contribution in [1.29, 1.82) is 0 Å². The second kappa shape index (κ2) is 10.2. The molecular weight excluding hydrogens is 418 g/mol. The number of carbonyl (C=O) groups excluding carboxylic acids is 2. The van der Waals surface area contributed by atoms with Crippen LogP contribution in [0.1, 0.15) is 31.0 Å². The summed E-state index contributed by atoms with van der Waals surface area (Å²) >= 11 is 0. The summed E-state index contributed by atoms with van der Waals surface area (Å²) in [5.74, 6) is -0.0128. The summed E-state index contributed by atoms with van der Waals surface area (Å²) in [5, 5.41) is 7.82. The van der Waals surface area contributed by atoms with Gasteiger partial charge in [0, 0.05) is 13.1 Å². The van der Waals surface area contributed by atoms with Crippen LogP contribution in [0.3, 0.4) is 0 Å². The van der Waals surface area contributed by atoms with E-state index in [1.807, 2.05) is 12.1 Å². The van der Waals surface area contributed by atoms with E-state index >= 15 is 0 Å². The summed E-state index contributed by atoms with van der Waals surface area (Å²) in [7, 11) is -0.681. The highest BCUT2D eigenvalue weighted by atomic mass is 32.2. The molecule has 166 valence electrons. The van der Waals surface area contributed by atoms with Crippen molar-refractivity contribution in [3.63, 3.8) is 0 Å². The monoisotopic (exact) mass is 445 g/mol. The number of primary sulfonamides is 1. The molecule has 2 atom stereocenters. The smallest absolute Gasteiger partial charge is 0.245 e. The molecule has 0 saturated carbocycles. The van der Waals surface area contributed by atoms with Crippen LogP contribution in [0.15, 0.2) is 59.5 Å². The molecule has 8 nitrogen and oxygen atoms in total. The van der Waals surface area contributed by atoms with E-state index in [0.717, 1.165) is 5.56 Å². The molecular formula is C22H27N3O5S. The van der Waals surface area contributed by atoms with Gasteiger partial charge in [0.1, 0.15) is 11.8 Å². The Labute approximate surface area is 182 Å². The topological polar surface area (TPSA) is 119 Å². The number of nitrogens with two attached hydrogens (primary N) is 1. The predicted octanol–water partition coefficient (Wildman–Crippen LogP) is 2.08. The first kappa shape index (κ1) is 24.1. The molecule has 9 heteroatoms. The van der Waals surface area contributed by atoms with E-state index in [1.54, 1.807) is 58.3 Å². The Hall–Kier alpha value is -3.17. The molecule has 0 aromatic heterocycles. The van der Waals surface area contributed by atoms with Crippen molar-refractivity contribution < 1.29 is 22.7 Å². The third-order valence-corrected chi connectivity index (χ3v) is 5.78. The Kier molecular flexibility index (Phi) is 7.95. The van der Waals surface area contributed by atoms with Crippen molar-refractivity contribution in [2.75, 3.05) is 14.2 Å². The number of amides is 2. The maximum Gasteiger partial charge on any atom is 0.245 e. The van der Waals surface area contributed by atoms with Gasteiger partial charge in [0.25, 0.3) is 0 Å². The van der Waals surface area contributed by atoms with E-state index in [0.29, 0.717) is 11.3 Å². The van der Waals surface area contributed by atoms with Crippen LogP contribution in [0.5, 0.6) is 5.75 Å². The van der Waals surface area contributed by atoms with Gasteiger partial charge in [-0.15, -0.1) is 0 Å². The number of nitrogens with one attached hydrogen (secondary N) is 1. The average molecular weight is 446 g/mol. The number of ether oxygens (including phenoxy) is 1. The number of carbonyl (C=O) groups is 2. The summed E-state index contributed by atoms with van der Waals surface area (Å²) in [6, 6.07) is 12.1. The molecule has 0 heterocycles. The van der Waals surface area contributed by atoms with E-state index in [-0.39, 0.29) is 10.8 Å². The van der Waals surface area contributed by atoms with Crippen LogP contribution in [0, 0.1) is 0 Å². The second-order valence-corrected chi connectivity index (χ2v) is 8.64. The molecule has 2 rings (SSSR count). The minimum absolute atomic E-state index is 0.0253. The van der Waals surface area contributed by atoms with Crippen LogP contribution in [0.2, 0.25) is 0 Å². The normalized spacial score (nSPS) is 13.5. The van der Waals surface area contributed by atoms with Crippen LogP contribution in [0.4, 0.5) is 0 Å². The minimum Gasteiger partial charge on any atom is -0.497 e. The highest BCUT2D eigenvalue weighted by Crippen LogP contribution is 2.22. The Bertz CT molecular complexity index is 1060. The first-order valence-corrected chi connectivity index (χ1v) is 11.1. The number of nitrogens with zero attached hydrogens (tertiary/aromatic N) is 1. The maximum absolute atomic E-state index is 12.8. The minimum atomic E-state index is -3.85. The molecule has 0 aliphatic heterocycles. The van der Waals surface area contributed by atoms with Crippen molar-refractivity contribution in [2.45, 2.75) is 30.8 Å². The van der Waals surface area contributed by atoms with Gasteiger partial charge in [-0.3, -0.25) is 9.59 Å². The maximum atomic E-state index is 12.8. The number of benzene rings is 2. The summed E-state index contributed by atoms with van der Waals surface area (Å²) in [6.45, 7) is 3.35. The average Bonchev–Trinajstić information content (AvgIpc) is 2.75. The van der Waals surface area contributed by atoms with Crippen LogP contribution in [-0.2, 0) is 19.6 Å². The number of hydrogen-bond acceptors (Lipinski definition) is 5. The van der Waals surface area contributed by atoms with E-state index in [4.69, 9.17) is 9.88 Å². The van der Waals surface area contributed by atoms with Gasteiger partial charge >= 0.3 is 0 Å².